The van der Waals surface area contributed by atoms with Crippen molar-refractivity contribution in [3.63, 3.8) is 0 Å². The second kappa shape index (κ2) is 20.0. The van der Waals surface area contributed by atoms with Gasteiger partial charge in [0, 0.05) is 66.1 Å². The van der Waals surface area contributed by atoms with Gasteiger partial charge in [-0.25, -0.2) is 15.0 Å². The van der Waals surface area contributed by atoms with Crippen LogP contribution in [-0.4, -0.2) is 102 Å². The molecule has 1 aliphatic carbocycles. The molecule has 0 radical (unpaired) electrons. The Labute approximate surface area is 428 Å². The van der Waals surface area contributed by atoms with Crippen molar-refractivity contribution in [2.45, 2.75) is 104 Å². The Morgan fingerprint density at radius 1 is 0.903 bits per heavy atom. The Bertz CT molecular complexity index is 3000. The summed E-state index contributed by atoms with van der Waals surface area (Å²) in [6.45, 7) is 17.2. The normalized spacial score (nSPS) is 21.0. The number of carbonyl (C=O) groups is 3. The fraction of sp³-hybridized carbons (Fsp3) is 0.407. The molecule has 374 valence electrons. The summed E-state index contributed by atoms with van der Waals surface area (Å²) in [5.74, 6) is 0.723. The molecule has 1 saturated carbocycles. The number of aryl methyl sites for hydroxylation is 1. The molecule has 4 atom stereocenters. The first-order valence-electron chi connectivity index (χ1n) is 24.2. The number of nitriles is 1. The molecule has 0 bridgehead atoms. The van der Waals surface area contributed by atoms with Gasteiger partial charge < -0.3 is 35.0 Å². The van der Waals surface area contributed by atoms with E-state index in [1.807, 2.05) is 81.9 Å². The first kappa shape index (κ1) is 50.1. The van der Waals surface area contributed by atoms with Crippen LogP contribution in [0.3, 0.4) is 0 Å². The van der Waals surface area contributed by atoms with E-state index in [2.05, 4.69) is 69.3 Å². The largest absolute Gasteiger partial charge is 0.489 e. The molecule has 72 heavy (non-hydrogen) atoms. The molecule has 3 N–H and O–H groups in total. The van der Waals surface area contributed by atoms with Crippen LogP contribution in [0.15, 0.2) is 97.0 Å². The molecule has 18 heteroatoms. The fourth-order valence-corrected chi connectivity index (χ4v) is 11.8. The molecule has 0 spiro atoms. The van der Waals surface area contributed by atoms with Gasteiger partial charge in [0.15, 0.2) is 0 Å². The number of nitrogens with one attached hydrogen (secondary N) is 2. The molecule has 6 heterocycles. The minimum absolute atomic E-state index is 0.0453. The maximum Gasteiger partial charge on any atom is 0.253 e. The van der Waals surface area contributed by atoms with Crippen molar-refractivity contribution in [2.75, 3.05) is 24.5 Å². The minimum atomic E-state index is -0.840. The Hall–Kier alpha value is -6.87. The van der Waals surface area contributed by atoms with E-state index >= 15 is 0 Å². The predicted molar refractivity (Wildman–Crippen MR) is 275 cm³/mol. The zero-order chi connectivity index (χ0) is 51.2. The van der Waals surface area contributed by atoms with E-state index in [9.17, 15) is 24.8 Å². The van der Waals surface area contributed by atoms with E-state index in [0.717, 1.165) is 38.6 Å². The van der Waals surface area contributed by atoms with Gasteiger partial charge in [-0.2, -0.15) is 10.4 Å². The highest BCUT2D eigenvalue weighted by atomic mass is 35.5. The van der Waals surface area contributed by atoms with Crippen LogP contribution in [-0.2, 0) is 9.59 Å². The molecule has 1 unspecified atom stereocenters. The Morgan fingerprint density at radius 2 is 1.65 bits per heavy atom. The average Bonchev–Trinajstić information content (AvgIpc) is 4.11. The number of pyridine rings is 2. The summed E-state index contributed by atoms with van der Waals surface area (Å²) in [4.78, 5) is 59.8. The number of halogens is 1. The van der Waals surface area contributed by atoms with E-state index in [-0.39, 0.29) is 60.9 Å². The molecule has 3 amide bonds. The average molecular weight is 1010 g/mol. The number of amides is 3. The lowest BCUT2D eigenvalue weighted by Gasteiger charge is -2.63. The molecule has 16 nitrogen and oxygen atoms in total. The van der Waals surface area contributed by atoms with E-state index in [1.165, 1.54) is 4.90 Å². The van der Waals surface area contributed by atoms with Crippen LogP contribution in [0.4, 0.5) is 5.82 Å². The van der Waals surface area contributed by atoms with Crippen molar-refractivity contribution in [3.8, 4) is 39.3 Å². The van der Waals surface area contributed by atoms with Gasteiger partial charge in [-0.3, -0.25) is 19.1 Å². The number of β-amino-alcohol motifs (C(OH)–C–C–N with tert-alkyl or cyclic N) is 1. The van der Waals surface area contributed by atoms with Crippen molar-refractivity contribution in [3.05, 3.63) is 124 Å². The van der Waals surface area contributed by atoms with E-state index < -0.39 is 29.0 Å². The monoisotopic (exact) mass is 1010 g/mol. The smallest absolute Gasteiger partial charge is 0.253 e. The van der Waals surface area contributed by atoms with Gasteiger partial charge in [0.2, 0.25) is 17.7 Å². The number of likely N-dealkylation sites (tertiary alicyclic amines) is 1. The summed E-state index contributed by atoms with van der Waals surface area (Å²) >= 11 is 7.85. The number of ether oxygens (including phenoxy) is 2. The van der Waals surface area contributed by atoms with Crippen LogP contribution in [0, 0.1) is 35.0 Å². The molecular formula is C54H59ClN10O6S. The molecule has 2 aliphatic heterocycles. The summed E-state index contributed by atoms with van der Waals surface area (Å²) in [5.41, 5.74) is 6.36. The van der Waals surface area contributed by atoms with Crippen LogP contribution in [0.2, 0.25) is 5.02 Å². The third-order valence-corrected chi connectivity index (χ3v) is 15.7. The third kappa shape index (κ3) is 9.87. The molecule has 4 aromatic heterocycles. The van der Waals surface area contributed by atoms with Crippen LogP contribution < -0.4 is 25.0 Å². The van der Waals surface area contributed by atoms with Crippen molar-refractivity contribution < 1.29 is 29.0 Å². The standard InChI is InChI=1S/C54H59ClN10O6S/c1-30(2)46(50(69)64-26-39(66)20-43(64)49(68)61-31(3)33-9-11-34(12-10-33)47-32(4)59-29-72-47)65-25-38(24-60-65)35-17-18-57-45(19-35)70-41-27-63(28-41)44-16-14-37(23-58-44)48(67)62-51-53(5,6)52(54(51,7)8)71-40-15-13-36(22-56)42(55)21-40/h9-19,21,23-25,29-31,39,41,43,46,51-52,66H,20,26-28H2,1-8H3,(H,61,68)(H,62,67)/t31-,39+,43?,46-,51?,52?/m0/s1. The number of aliphatic hydroxyl groups is 1. The van der Waals surface area contributed by atoms with Crippen LogP contribution in [0.1, 0.15) is 94.1 Å². The molecule has 2 aromatic carbocycles. The third-order valence-electron chi connectivity index (χ3n) is 14.4. The topological polar surface area (TPSA) is 201 Å². The SMILES string of the molecule is Cc1ncsc1-c1ccc([C@H](C)NC(=O)C2C[C@@H](O)CN2C(=O)[C@H](C(C)C)n2cc(-c3ccnc(OC4CN(c5ccc(C(=O)NC6C(C)(C)C(Oc7ccc(C#N)c(Cl)c7)C6(C)C)cn5)C4)c3)cn2)cc1. The number of nitrogens with zero attached hydrogens (tertiary/aromatic N) is 8. The van der Waals surface area contributed by atoms with Crippen LogP contribution in [0.25, 0.3) is 21.6 Å². The number of hydrogen-bond donors (Lipinski definition) is 3. The second-order valence-corrected chi connectivity index (χ2v) is 21.9. The molecular weight excluding hydrogens is 952 g/mol. The van der Waals surface area contributed by atoms with E-state index in [4.69, 9.17) is 21.1 Å². The summed E-state index contributed by atoms with van der Waals surface area (Å²) in [6.07, 6.45) is 5.70. The van der Waals surface area contributed by atoms with Crippen molar-refractivity contribution in [1.29, 1.82) is 5.26 Å². The van der Waals surface area contributed by atoms with Gasteiger partial charge in [0.05, 0.1) is 63.7 Å². The highest BCUT2D eigenvalue weighted by Crippen LogP contribution is 2.55. The van der Waals surface area contributed by atoms with Gasteiger partial charge >= 0.3 is 0 Å². The maximum atomic E-state index is 14.4. The van der Waals surface area contributed by atoms with Crippen LogP contribution in [0.5, 0.6) is 11.6 Å². The fourth-order valence-electron chi connectivity index (χ4n) is 10.8. The summed E-state index contributed by atoms with van der Waals surface area (Å²) < 4.78 is 14.3. The lowest BCUT2D eigenvalue weighted by molar-refractivity contribution is -0.164. The highest BCUT2D eigenvalue weighted by molar-refractivity contribution is 7.13. The molecule has 6 aromatic rings. The second-order valence-electron chi connectivity index (χ2n) is 20.6. The van der Waals surface area contributed by atoms with Gasteiger partial charge in [-0.1, -0.05) is 77.4 Å². The number of hydrogen-bond acceptors (Lipinski definition) is 13. The van der Waals surface area contributed by atoms with Crippen LogP contribution >= 0.6 is 22.9 Å². The number of carbonyl (C=O) groups excluding carboxylic acids is 3. The zero-order valence-electron chi connectivity index (χ0n) is 41.5. The molecule has 3 aliphatic rings. The van der Waals surface area contributed by atoms with E-state index in [0.29, 0.717) is 40.9 Å². The Balaban J connectivity index is 0.776. The first-order valence-corrected chi connectivity index (χ1v) is 25.4. The van der Waals surface area contributed by atoms with Gasteiger partial charge in [-0.05, 0) is 66.8 Å². The van der Waals surface area contributed by atoms with Gasteiger partial charge in [0.1, 0.15) is 41.9 Å². The number of thiazole rings is 1. The predicted octanol–water partition coefficient (Wildman–Crippen LogP) is 8.21. The number of rotatable bonds is 15. The lowest BCUT2D eigenvalue weighted by Crippen LogP contribution is -2.74. The van der Waals surface area contributed by atoms with Gasteiger partial charge in [-0.15, -0.1) is 11.3 Å². The molecule has 2 saturated heterocycles. The highest BCUT2D eigenvalue weighted by Gasteiger charge is 2.64. The van der Waals surface area contributed by atoms with Gasteiger partial charge in [0.25, 0.3) is 5.91 Å². The minimum Gasteiger partial charge on any atom is -0.489 e. The maximum absolute atomic E-state index is 14.4. The first-order chi connectivity index (χ1) is 34.3. The molecule has 9 rings (SSSR count). The number of anilines is 1. The van der Waals surface area contributed by atoms with E-state index in [1.54, 1.807) is 58.9 Å². The summed E-state index contributed by atoms with van der Waals surface area (Å²) in [7, 11) is 0. The number of aliphatic hydroxyl groups excluding tert-OH is 1. The zero-order valence-corrected chi connectivity index (χ0v) is 43.1. The number of aromatic nitrogens is 5. The van der Waals surface area contributed by atoms with Crippen molar-refractivity contribution in [2.24, 2.45) is 16.7 Å². The van der Waals surface area contributed by atoms with Crippen molar-refractivity contribution >= 4 is 46.5 Å². The lowest BCUT2D eigenvalue weighted by atomic mass is 9.49. The Morgan fingerprint density at radius 3 is 2.31 bits per heavy atom. The molecule has 3 fully saturated rings. The Kier molecular flexibility index (Phi) is 13.9. The summed E-state index contributed by atoms with van der Waals surface area (Å²) in [5, 5.41) is 31.3. The summed E-state index contributed by atoms with van der Waals surface area (Å²) in [6, 6.07) is 20.3. The number of benzene rings is 2. The quantitative estimate of drug-likeness (QED) is 0.0892. The van der Waals surface area contributed by atoms with Crippen molar-refractivity contribution in [1.82, 2.24) is 40.3 Å².